The Morgan fingerprint density at radius 3 is 2.25 bits per heavy atom. The number of amides is 1. The Kier molecular flexibility index (Phi) is 4.77. The maximum absolute atomic E-state index is 11.9. The van der Waals surface area contributed by atoms with E-state index >= 15 is 0 Å². The van der Waals surface area contributed by atoms with Crippen molar-refractivity contribution in [1.29, 1.82) is 0 Å². The molecular formula is C12H21NO3. The van der Waals surface area contributed by atoms with Crippen molar-refractivity contribution in [3.8, 4) is 0 Å². The number of methoxy groups -OCH3 is 1. The van der Waals surface area contributed by atoms with E-state index < -0.39 is 11.9 Å². The zero-order valence-corrected chi connectivity index (χ0v) is 10.3. The first-order valence-electron chi connectivity index (χ1n) is 5.94. The lowest BCUT2D eigenvalue weighted by molar-refractivity contribution is -0.152. The van der Waals surface area contributed by atoms with Crippen LogP contribution in [0.3, 0.4) is 0 Å². The maximum atomic E-state index is 11.9. The molecule has 0 aromatic carbocycles. The third kappa shape index (κ3) is 3.22. The van der Waals surface area contributed by atoms with Crippen LogP contribution in [-0.2, 0) is 14.3 Å². The Balaban J connectivity index is 2.56. The topological polar surface area (TPSA) is 55.4 Å². The van der Waals surface area contributed by atoms with Crippen LogP contribution in [-0.4, -0.2) is 25.0 Å². The van der Waals surface area contributed by atoms with E-state index in [1.807, 2.05) is 13.8 Å². The van der Waals surface area contributed by atoms with Crippen LogP contribution in [0.1, 0.15) is 39.5 Å². The third-order valence-corrected chi connectivity index (χ3v) is 3.11. The summed E-state index contributed by atoms with van der Waals surface area (Å²) in [6, 6.07) is 0.249. The van der Waals surface area contributed by atoms with E-state index in [9.17, 15) is 9.59 Å². The first kappa shape index (κ1) is 13.0. The van der Waals surface area contributed by atoms with Gasteiger partial charge in [0.05, 0.1) is 7.11 Å². The first-order valence-corrected chi connectivity index (χ1v) is 5.94. The Labute approximate surface area is 96.7 Å². The number of nitrogens with one attached hydrogen (secondary N) is 1. The number of hydrogen-bond donors (Lipinski definition) is 1. The van der Waals surface area contributed by atoms with Crippen molar-refractivity contribution in [2.75, 3.05) is 7.11 Å². The van der Waals surface area contributed by atoms with E-state index in [1.54, 1.807) is 0 Å². The van der Waals surface area contributed by atoms with Gasteiger partial charge in [0.1, 0.15) is 5.92 Å². The lowest BCUT2D eigenvalue weighted by Crippen LogP contribution is -2.43. The average Bonchev–Trinajstić information content (AvgIpc) is 2.69. The molecule has 0 bridgehead atoms. The number of rotatable bonds is 4. The molecular weight excluding hydrogens is 206 g/mol. The smallest absolute Gasteiger partial charge is 0.318 e. The highest BCUT2D eigenvalue weighted by molar-refractivity contribution is 5.98. The van der Waals surface area contributed by atoms with Crippen LogP contribution >= 0.6 is 0 Å². The summed E-state index contributed by atoms with van der Waals surface area (Å²) < 4.78 is 4.66. The van der Waals surface area contributed by atoms with Gasteiger partial charge in [-0.2, -0.15) is 0 Å². The summed E-state index contributed by atoms with van der Waals surface area (Å²) in [5.74, 6) is -1.33. The molecule has 1 atom stereocenters. The molecule has 16 heavy (non-hydrogen) atoms. The second kappa shape index (κ2) is 5.87. The van der Waals surface area contributed by atoms with Gasteiger partial charge >= 0.3 is 5.97 Å². The predicted octanol–water partition coefficient (Wildman–Crippen LogP) is 1.49. The van der Waals surface area contributed by atoms with Crippen LogP contribution in [0, 0.1) is 11.8 Å². The summed E-state index contributed by atoms with van der Waals surface area (Å²) in [6.45, 7) is 3.71. The molecule has 0 saturated heterocycles. The van der Waals surface area contributed by atoms with Crippen molar-refractivity contribution in [3.63, 3.8) is 0 Å². The van der Waals surface area contributed by atoms with E-state index in [0.717, 1.165) is 25.7 Å². The highest BCUT2D eigenvalue weighted by Crippen LogP contribution is 2.19. The quantitative estimate of drug-likeness (QED) is 0.585. The van der Waals surface area contributed by atoms with Crippen LogP contribution in [0.25, 0.3) is 0 Å². The lowest BCUT2D eigenvalue weighted by atomic mass is 9.94. The predicted molar refractivity (Wildman–Crippen MR) is 60.7 cm³/mol. The lowest BCUT2D eigenvalue weighted by Gasteiger charge is -2.20. The molecule has 4 heteroatoms. The second-order valence-corrected chi connectivity index (χ2v) is 4.73. The molecule has 1 fully saturated rings. The summed E-state index contributed by atoms with van der Waals surface area (Å²) in [5, 5.41) is 2.94. The fraction of sp³-hybridized carbons (Fsp3) is 0.833. The molecule has 1 amide bonds. The minimum absolute atomic E-state index is 0.0335. The highest BCUT2D eigenvalue weighted by Gasteiger charge is 2.32. The van der Waals surface area contributed by atoms with Crippen molar-refractivity contribution in [2.24, 2.45) is 11.8 Å². The Bertz CT molecular complexity index is 257. The number of ether oxygens (including phenoxy) is 1. The molecule has 4 nitrogen and oxygen atoms in total. The van der Waals surface area contributed by atoms with Gasteiger partial charge in [-0.25, -0.2) is 0 Å². The second-order valence-electron chi connectivity index (χ2n) is 4.73. The van der Waals surface area contributed by atoms with Gasteiger partial charge in [0.25, 0.3) is 0 Å². The Hall–Kier alpha value is -1.06. The summed E-state index contributed by atoms with van der Waals surface area (Å²) in [7, 11) is 1.32. The number of hydrogen-bond acceptors (Lipinski definition) is 3. The highest BCUT2D eigenvalue weighted by atomic mass is 16.5. The molecule has 0 aromatic heterocycles. The van der Waals surface area contributed by atoms with E-state index in [0.29, 0.717) is 0 Å². The minimum atomic E-state index is -0.675. The number of carbonyl (C=O) groups is 2. The van der Waals surface area contributed by atoms with Gasteiger partial charge in [0.2, 0.25) is 5.91 Å². The van der Waals surface area contributed by atoms with E-state index in [2.05, 4.69) is 10.1 Å². The van der Waals surface area contributed by atoms with Gasteiger partial charge in [0.15, 0.2) is 0 Å². The fourth-order valence-corrected chi connectivity index (χ4v) is 2.17. The minimum Gasteiger partial charge on any atom is -0.468 e. The zero-order valence-electron chi connectivity index (χ0n) is 10.3. The average molecular weight is 227 g/mol. The van der Waals surface area contributed by atoms with Crippen LogP contribution in [0.15, 0.2) is 0 Å². The van der Waals surface area contributed by atoms with Crippen LogP contribution in [0.4, 0.5) is 0 Å². The largest absolute Gasteiger partial charge is 0.468 e. The number of esters is 1. The molecule has 1 aliphatic carbocycles. The van der Waals surface area contributed by atoms with Crippen LogP contribution in [0.2, 0.25) is 0 Å². The summed E-state index contributed by atoms with van der Waals surface area (Å²) in [5.41, 5.74) is 0. The third-order valence-electron chi connectivity index (χ3n) is 3.11. The molecule has 92 valence electrons. The number of carbonyl (C=O) groups excluding carboxylic acids is 2. The zero-order chi connectivity index (χ0) is 12.1. The molecule has 1 unspecified atom stereocenters. The molecule has 0 aromatic rings. The van der Waals surface area contributed by atoms with Gasteiger partial charge in [-0.05, 0) is 18.8 Å². The van der Waals surface area contributed by atoms with Crippen molar-refractivity contribution in [2.45, 2.75) is 45.6 Å². The summed E-state index contributed by atoms with van der Waals surface area (Å²) >= 11 is 0. The van der Waals surface area contributed by atoms with E-state index in [1.165, 1.54) is 7.11 Å². The van der Waals surface area contributed by atoms with Crippen molar-refractivity contribution < 1.29 is 14.3 Å². The molecule has 1 saturated carbocycles. The van der Waals surface area contributed by atoms with Gasteiger partial charge in [-0.1, -0.05) is 26.7 Å². The van der Waals surface area contributed by atoms with Gasteiger partial charge in [-0.3, -0.25) is 9.59 Å². The maximum Gasteiger partial charge on any atom is 0.318 e. The molecule has 1 rings (SSSR count). The standard InChI is InChI=1S/C12H21NO3/c1-8(2)10(12(15)16-3)11(14)13-9-6-4-5-7-9/h8-10H,4-7H2,1-3H3,(H,13,14). The van der Waals surface area contributed by atoms with Crippen molar-refractivity contribution in [3.05, 3.63) is 0 Å². The Morgan fingerprint density at radius 2 is 1.81 bits per heavy atom. The first-order chi connectivity index (χ1) is 7.56. The molecule has 0 aliphatic heterocycles. The van der Waals surface area contributed by atoms with Crippen molar-refractivity contribution in [1.82, 2.24) is 5.32 Å². The molecule has 0 spiro atoms. The van der Waals surface area contributed by atoms with Gasteiger partial charge in [-0.15, -0.1) is 0 Å². The molecule has 0 heterocycles. The normalized spacial score (nSPS) is 18.5. The summed E-state index contributed by atoms with van der Waals surface area (Å²) in [6.07, 6.45) is 4.38. The Morgan fingerprint density at radius 1 is 1.25 bits per heavy atom. The molecule has 1 N–H and O–H groups in total. The fourth-order valence-electron chi connectivity index (χ4n) is 2.17. The van der Waals surface area contributed by atoms with Crippen LogP contribution in [0.5, 0.6) is 0 Å². The SMILES string of the molecule is COC(=O)C(C(=O)NC1CCCC1)C(C)C. The molecule has 0 radical (unpaired) electrons. The van der Waals surface area contributed by atoms with Crippen LogP contribution < -0.4 is 5.32 Å². The van der Waals surface area contributed by atoms with Gasteiger partial charge < -0.3 is 10.1 Å². The summed E-state index contributed by atoms with van der Waals surface area (Å²) in [4.78, 5) is 23.4. The monoisotopic (exact) mass is 227 g/mol. The van der Waals surface area contributed by atoms with E-state index in [4.69, 9.17) is 0 Å². The van der Waals surface area contributed by atoms with Crippen molar-refractivity contribution >= 4 is 11.9 Å². The van der Waals surface area contributed by atoms with E-state index in [-0.39, 0.29) is 17.9 Å². The molecule has 1 aliphatic rings. The van der Waals surface area contributed by atoms with Gasteiger partial charge in [0, 0.05) is 6.04 Å².